The maximum absolute atomic E-state index is 14.2. The second-order valence-electron chi connectivity index (χ2n) is 5.65. The van der Waals surface area contributed by atoms with Gasteiger partial charge in [0.2, 0.25) is 0 Å². The quantitative estimate of drug-likeness (QED) is 0.704. The number of hydrogen-bond donors (Lipinski definition) is 1. The third kappa shape index (κ3) is 3.98. The average Bonchev–Trinajstić information content (AvgIpc) is 2.66. The zero-order chi connectivity index (χ0) is 18.4. The predicted molar refractivity (Wildman–Crippen MR) is 101 cm³/mol. The fourth-order valence-electron chi connectivity index (χ4n) is 2.66. The van der Waals surface area contributed by atoms with Gasteiger partial charge in [-0.25, -0.2) is 4.39 Å². The van der Waals surface area contributed by atoms with Gasteiger partial charge in [0.15, 0.2) is 0 Å². The highest BCUT2D eigenvalue weighted by molar-refractivity contribution is 5.98. The van der Waals surface area contributed by atoms with Crippen LogP contribution in [0.5, 0.6) is 5.75 Å². The van der Waals surface area contributed by atoms with Crippen LogP contribution in [0.2, 0.25) is 0 Å². The molecule has 4 heteroatoms. The largest absolute Gasteiger partial charge is 0.488 e. The van der Waals surface area contributed by atoms with E-state index in [1.54, 1.807) is 36.4 Å². The molecule has 0 heterocycles. The Hall–Kier alpha value is -3.40. The minimum absolute atomic E-state index is 0.221. The van der Waals surface area contributed by atoms with E-state index in [0.717, 1.165) is 5.56 Å². The van der Waals surface area contributed by atoms with E-state index in [-0.39, 0.29) is 17.9 Å². The lowest BCUT2D eigenvalue weighted by atomic mass is 10.0. The Morgan fingerprint density at radius 1 is 0.923 bits per heavy atom. The van der Waals surface area contributed by atoms with Gasteiger partial charge in [-0.1, -0.05) is 66.7 Å². The van der Waals surface area contributed by atoms with E-state index in [4.69, 9.17) is 10.5 Å². The van der Waals surface area contributed by atoms with Crippen molar-refractivity contribution in [3.05, 3.63) is 95.8 Å². The number of para-hydroxylation sites is 1. The third-order valence-corrected chi connectivity index (χ3v) is 3.88. The van der Waals surface area contributed by atoms with Crippen molar-refractivity contribution >= 4 is 12.0 Å². The summed E-state index contributed by atoms with van der Waals surface area (Å²) in [6.07, 6.45) is 3.74. The van der Waals surface area contributed by atoms with Crippen LogP contribution in [0, 0.1) is 5.82 Å². The zero-order valence-electron chi connectivity index (χ0n) is 14.1. The summed E-state index contributed by atoms with van der Waals surface area (Å²) in [6.45, 7) is 0.223. The molecule has 2 N–H and O–H groups in total. The molecule has 3 aromatic rings. The van der Waals surface area contributed by atoms with Crippen LogP contribution in [0.25, 0.3) is 17.2 Å². The van der Waals surface area contributed by atoms with Crippen molar-refractivity contribution in [3.63, 3.8) is 0 Å². The van der Waals surface area contributed by atoms with Crippen LogP contribution in [0.15, 0.2) is 78.9 Å². The van der Waals surface area contributed by atoms with E-state index in [2.05, 4.69) is 0 Å². The molecule has 0 aliphatic carbocycles. The molecule has 0 unspecified atom stereocenters. The van der Waals surface area contributed by atoms with Crippen LogP contribution in [0.4, 0.5) is 4.39 Å². The first-order valence-electron chi connectivity index (χ1n) is 8.19. The summed E-state index contributed by atoms with van der Waals surface area (Å²) in [7, 11) is 0. The van der Waals surface area contributed by atoms with Crippen molar-refractivity contribution in [1.29, 1.82) is 0 Å². The van der Waals surface area contributed by atoms with E-state index < -0.39 is 11.7 Å². The van der Waals surface area contributed by atoms with Crippen molar-refractivity contribution in [2.45, 2.75) is 0 Å². The van der Waals surface area contributed by atoms with Crippen LogP contribution in [-0.2, 0) is 0 Å². The minimum atomic E-state index is -0.620. The van der Waals surface area contributed by atoms with Crippen LogP contribution in [0.3, 0.4) is 0 Å². The molecule has 26 heavy (non-hydrogen) atoms. The number of benzene rings is 3. The smallest absolute Gasteiger partial charge is 0.252 e. The van der Waals surface area contributed by atoms with E-state index in [0.29, 0.717) is 11.1 Å². The minimum Gasteiger partial charge on any atom is -0.488 e. The molecule has 3 rings (SSSR count). The van der Waals surface area contributed by atoms with E-state index in [1.165, 1.54) is 6.07 Å². The van der Waals surface area contributed by atoms with Gasteiger partial charge in [0.05, 0.1) is 5.56 Å². The van der Waals surface area contributed by atoms with E-state index in [1.807, 2.05) is 42.5 Å². The zero-order valence-corrected chi connectivity index (χ0v) is 14.1. The summed E-state index contributed by atoms with van der Waals surface area (Å²) in [4.78, 5) is 11.8. The second kappa shape index (κ2) is 8.12. The molecule has 0 aliphatic rings. The molecule has 0 aliphatic heterocycles. The molecular formula is C22H18FNO2. The molecule has 0 atom stereocenters. The normalized spacial score (nSPS) is 10.8. The lowest BCUT2D eigenvalue weighted by Gasteiger charge is -2.14. The molecule has 0 spiro atoms. The Labute approximate surface area is 151 Å². The van der Waals surface area contributed by atoms with Gasteiger partial charge in [-0.05, 0) is 23.8 Å². The van der Waals surface area contributed by atoms with Crippen LogP contribution < -0.4 is 10.5 Å². The van der Waals surface area contributed by atoms with Gasteiger partial charge in [-0.15, -0.1) is 0 Å². The number of nitrogens with two attached hydrogens (primary N) is 1. The van der Waals surface area contributed by atoms with Crippen LogP contribution in [0.1, 0.15) is 15.9 Å². The number of amides is 1. The van der Waals surface area contributed by atoms with Gasteiger partial charge in [0.1, 0.15) is 18.2 Å². The van der Waals surface area contributed by atoms with Crippen molar-refractivity contribution in [1.82, 2.24) is 0 Å². The van der Waals surface area contributed by atoms with Gasteiger partial charge in [0, 0.05) is 11.1 Å². The van der Waals surface area contributed by atoms with Gasteiger partial charge < -0.3 is 10.5 Å². The topological polar surface area (TPSA) is 52.3 Å². The Kier molecular flexibility index (Phi) is 5.44. The number of carbonyl (C=O) groups is 1. The van der Waals surface area contributed by atoms with E-state index >= 15 is 0 Å². The first-order chi connectivity index (χ1) is 12.7. The molecule has 0 fully saturated rings. The summed E-state index contributed by atoms with van der Waals surface area (Å²) in [5.41, 5.74) is 7.57. The monoisotopic (exact) mass is 347 g/mol. The fourth-order valence-corrected chi connectivity index (χ4v) is 2.66. The number of carbonyl (C=O) groups excluding carboxylic acids is 1. The summed E-state index contributed by atoms with van der Waals surface area (Å²) >= 11 is 0. The number of rotatable bonds is 6. The number of ether oxygens (including phenoxy) is 1. The van der Waals surface area contributed by atoms with Crippen LogP contribution in [-0.4, -0.2) is 12.5 Å². The highest BCUT2D eigenvalue weighted by Gasteiger charge is 2.17. The Balaban J connectivity index is 1.90. The molecule has 1 amide bonds. The Morgan fingerprint density at radius 3 is 2.35 bits per heavy atom. The molecule has 0 bridgehead atoms. The summed E-state index contributed by atoms with van der Waals surface area (Å²) in [5, 5.41) is 0. The fraction of sp³-hybridized carbons (Fsp3) is 0.0455. The van der Waals surface area contributed by atoms with Crippen molar-refractivity contribution in [3.8, 4) is 16.9 Å². The van der Waals surface area contributed by atoms with Crippen molar-refractivity contribution in [2.24, 2.45) is 5.73 Å². The standard InChI is InChI=1S/C22H18FNO2/c23-20-14-5-4-11-17(20)18-12-6-13-19(22(24)25)21(18)26-15-7-10-16-8-2-1-3-9-16/h1-14H,15H2,(H2,24,25). The maximum Gasteiger partial charge on any atom is 0.252 e. The average molecular weight is 347 g/mol. The summed E-state index contributed by atoms with van der Waals surface area (Å²) in [6, 6.07) is 21.1. The highest BCUT2D eigenvalue weighted by atomic mass is 19.1. The highest BCUT2D eigenvalue weighted by Crippen LogP contribution is 2.34. The molecule has 0 saturated heterocycles. The van der Waals surface area contributed by atoms with E-state index in [9.17, 15) is 9.18 Å². The number of hydrogen-bond acceptors (Lipinski definition) is 2. The van der Waals surface area contributed by atoms with Crippen LogP contribution >= 0.6 is 0 Å². The Bertz CT molecular complexity index is 936. The predicted octanol–water partition coefficient (Wildman–Crippen LogP) is 4.68. The van der Waals surface area contributed by atoms with Gasteiger partial charge in [-0.2, -0.15) is 0 Å². The first-order valence-corrected chi connectivity index (χ1v) is 8.19. The first kappa shape index (κ1) is 17.4. The lowest BCUT2D eigenvalue weighted by molar-refractivity contribution is 0.0997. The SMILES string of the molecule is NC(=O)c1cccc(-c2ccccc2F)c1OCC=Cc1ccccc1. The summed E-state index contributed by atoms with van der Waals surface area (Å²) in [5.74, 6) is -0.730. The molecule has 0 aromatic heterocycles. The Morgan fingerprint density at radius 2 is 1.62 bits per heavy atom. The molecule has 130 valence electrons. The third-order valence-electron chi connectivity index (χ3n) is 3.88. The molecule has 0 saturated carbocycles. The van der Waals surface area contributed by atoms with Gasteiger partial charge in [0.25, 0.3) is 5.91 Å². The number of halogens is 1. The van der Waals surface area contributed by atoms with Crippen molar-refractivity contribution in [2.75, 3.05) is 6.61 Å². The maximum atomic E-state index is 14.2. The van der Waals surface area contributed by atoms with Gasteiger partial charge in [-0.3, -0.25) is 4.79 Å². The molecular weight excluding hydrogens is 329 g/mol. The second-order valence-corrected chi connectivity index (χ2v) is 5.65. The van der Waals surface area contributed by atoms with Gasteiger partial charge >= 0.3 is 0 Å². The number of primary amides is 1. The lowest BCUT2D eigenvalue weighted by Crippen LogP contribution is -2.13. The molecule has 3 aromatic carbocycles. The van der Waals surface area contributed by atoms with Crippen molar-refractivity contribution < 1.29 is 13.9 Å². The molecule has 0 radical (unpaired) electrons. The summed E-state index contributed by atoms with van der Waals surface area (Å²) < 4.78 is 20.0. The molecule has 3 nitrogen and oxygen atoms in total.